The van der Waals surface area contributed by atoms with Gasteiger partial charge in [-0.2, -0.15) is 0 Å². The summed E-state index contributed by atoms with van der Waals surface area (Å²) in [6, 6.07) is 15.8. The molecule has 0 aliphatic carbocycles. The van der Waals surface area contributed by atoms with Gasteiger partial charge in [-0.05, 0) is 68.0 Å². The third kappa shape index (κ3) is 3.64. The molecule has 2 aromatic heterocycles. The van der Waals surface area contributed by atoms with E-state index in [0.717, 1.165) is 28.3 Å². The Kier molecular flexibility index (Phi) is 5.58. The van der Waals surface area contributed by atoms with E-state index in [2.05, 4.69) is 45.7 Å². The second-order valence-corrected chi connectivity index (χ2v) is 8.01. The molecule has 0 unspecified atom stereocenters. The average molecular weight is 427 g/mol. The normalized spacial score (nSPS) is 18.9. The second-order valence-electron chi connectivity index (χ2n) is 7.19. The molecule has 2 N–H and O–H groups in total. The van der Waals surface area contributed by atoms with Crippen molar-refractivity contribution < 1.29 is 5.11 Å². The number of nitrogens with one attached hydrogen (secondary N) is 1. The Morgan fingerprint density at radius 1 is 1.17 bits per heavy atom. The van der Waals surface area contributed by atoms with Crippen molar-refractivity contribution in [3.05, 3.63) is 82.4 Å². The maximum absolute atomic E-state index is 9.64. The van der Waals surface area contributed by atoms with Crippen LogP contribution in [-0.4, -0.2) is 37.8 Å². The predicted octanol–water partition coefficient (Wildman–Crippen LogP) is 4.11. The van der Waals surface area contributed by atoms with E-state index >= 15 is 0 Å². The van der Waals surface area contributed by atoms with Gasteiger partial charge in [0.15, 0.2) is 5.11 Å². The van der Waals surface area contributed by atoms with Crippen LogP contribution in [0, 0.1) is 13.8 Å². The Bertz CT molecular complexity index is 1040. The van der Waals surface area contributed by atoms with Crippen LogP contribution in [0.15, 0.2) is 54.7 Å². The summed E-state index contributed by atoms with van der Waals surface area (Å²) in [4.78, 5) is 6.61. The van der Waals surface area contributed by atoms with Crippen LogP contribution in [0.2, 0.25) is 5.02 Å². The Balaban J connectivity index is 1.84. The molecule has 4 rings (SSSR count). The number of aryl methyl sites for hydroxylation is 1. The zero-order valence-corrected chi connectivity index (χ0v) is 17.9. The number of β-amino-alcohol motifs (C(OH)–C–C–N with tert-alkyl or cyclic N) is 1. The lowest BCUT2D eigenvalue weighted by molar-refractivity contribution is 0.223. The summed E-state index contributed by atoms with van der Waals surface area (Å²) in [7, 11) is 0. The van der Waals surface area contributed by atoms with E-state index in [1.807, 2.05) is 36.4 Å². The summed E-state index contributed by atoms with van der Waals surface area (Å²) in [5, 5.41) is 14.4. The number of aromatic nitrogens is 2. The third-order valence-corrected chi connectivity index (χ3v) is 5.98. The molecular weight excluding hydrogens is 404 g/mol. The minimum atomic E-state index is -0.0939. The Hall–Kier alpha value is -2.41. The summed E-state index contributed by atoms with van der Waals surface area (Å²) < 4.78 is 2.20. The van der Waals surface area contributed by atoms with E-state index in [9.17, 15) is 5.11 Å². The van der Waals surface area contributed by atoms with Crippen molar-refractivity contribution >= 4 is 28.9 Å². The van der Waals surface area contributed by atoms with E-state index in [1.165, 1.54) is 0 Å². The number of nitrogens with zero attached hydrogens (tertiary/aromatic N) is 3. The minimum Gasteiger partial charge on any atom is -0.395 e. The van der Waals surface area contributed by atoms with Gasteiger partial charge in [0.25, 0.3) is 0 Å². The quantitative estimate of drug-likeness (QED) is 0.601. The standard InChI is InChI=1S/C22H23ClN4OS/c1-14-12-18(15(2)27(14)17-7-5-6-16(23)13-17)21-20(19-8-3-4-9-24-19)25-22(29)26(21)10-11-28/h3-9,12-13,20-21,28H,10-11H2,1-2H3,(H,25,29)/t20-,21+/m0/s1. The van der Waals surface area contributed by atoms with Gasteiger partial charge in [-0.15, -0.1) is 0 Å². The molecule has 29 heavy (non-hydrogen) atoms. The van der Waals surface area contributed by atoms with Crippen LogP contribution < -0.4 is 5.32 Å². The molecule has 1 saturated heterocycles. The molecule has 0 bridgehead atoms. The van der Waals surface area contributed by atoms with Gasteiger partial charge < -0.3 is 19.9 Å². The van der Waals surface area contributed by atoms with Gasteiger partial charge in [0.2, 0.25) is 0 Å². The van der Waals surface area contributed by atoms with Crippen LogP contribution in [0.25, 0.3) is 5.69 Å². The molecule has 3 aromatic rings. The summed E-state index contributed by atoms with van der Waals surface area (Å²) in [5.41, 5.74) is 5.33. The molecule has 1 aliphatic heterocycles. The first-order valence-corrected chi connectivity index (χ1v) is 10.3. The molecule has 1 aromatic carbocycles. The van der Waals surface area contributed by atoms with Gasteiger partial charge in [-0.1, -0.05) is 23.7 Å². The van der Waals surface area contributed by atoms with Gasteiger partial charge in [-0.3, -0.25) is 4.98 Å². The van der Waals surface area contributed by atoms with Crippen molar-refractivity contribution in [2.75, 3.05) is 13.2 Å². The highest BCUT2D eigenvalue weighted by Crippen LogP contribution is 2.41. The Morgan fingerprint density at radius 3 is 2.69 bits per heavy atom. The van der Waals surface area contributed by atoms with E-state index in [1.54, 1.807) is 6.20 Å². The number of halogens is 1. The number of pyridine rings is 1. The molecule has 0 spiro atoms. The first-order chi connectivity index (χ1) is 14.0. The molecule has 150 valence electrons. The van der Waals surface area contributed by atoms with Crippen molar-refractivity contribution in [3.8, 4) is 5.69 Å². The summed E-state index contributed by atoms with van der Waals surface area (Å²) in [5.74, 6) is 0. The monoisotopic (exact) mass is 426 g/mol. The number of hydrogen-bond donors (Lipinski definition) is 2. The lowest BCUT2D eigenvalue weighted by Crippen LogP contribution is -2.32. The fourth-order valence-electron chi connectivity index (χ4n) is 4.19. The Morgan fingerprint density at radius 2 is 2.00 bits per heavy atom. The third-order valence-electron chi connectivity index (χ3n) is 5.39. The van der Waals surface area contributed by atoms with E-state index in [-0.39, 0.29) is 18.7 Å². The first kappa shape index (κ1) is 19.9. The van der Waals surface area contributed by atoms with Crippen molar-refractivity contribution in [1.82, 2.24) is 19.8 Å². The van der Waals surface area contributed by atoms with Crippen LogP contribution in [-0.2, 0) is 0 Å². The van der Waals surface area contributed by atoms with Crippen molar-refractivity contribution in [2.24, 2.45) is 0 Å². The SMILES string of the molecule is Cc1cc([C@@H]2[C@H](c3ccccn3)NC(=S)N2CCO)c(C)n1-c1cccc(Cl)c1. The molecule has 1 fully saturated rings. The van der Waals surface area contributed by atoms with Crippen LogP contribution in [0.1, 0.15) is 34.7 Å². The minimum absolute atomic E-state index is 0.0281. The highest BCUT2D eigenvalue weighted by atomic mass is 35.5. The summed E-state index contributed by atoms with van der Waals surface area (Å²) >= 11 is 11.8. The van der Waals surface area contributed by atoms with Crippen LogP contribution in [0.3, 0.4) is 0 Å². The molecule has 0 radical (unpaired) electrons. The highest BCUT2D eigenvalue weighted by Gasteiger charge is 2.41. The van der Waals surface area contributed by atoms with Crippen LogP contribution in [0.4, 0.5) is 0 Å². The van der Waals surface area contributed by atoms with Gasteiger partial charge in [-0.25, -0.2) is 0 Å². The largest absolute Gasteiger partial charge is 0.395 e. The van der Waals surface area contributed by atoms with Crippen molar-refractivity contribution in [1.29, 1.82) is 0 Å². The highest BCUT2D eigenvalue weighted by molar-refractivity contribution is 7.80. The van der Waals surface area contributed by atoms with E-state index in [0.29, 0.717) is 16.7 Å². The fourth-order valence-corrected chi connectivity index (χ4v) is 4.71. The van der Waals surface area contributed by atoms with E-state index in [4.69, 9.17) is 23.8 Å². The number of hydrogen-bond acceptors (Lipinski definition) is 3. The lowest BCUT2D eigenvalue weighted by atomic mass is 9.97. The lowest BCUT2D eigenvalue weighted by Gasteiger charge is -2.27. The van der Waals surface area contributed by atoms with Crippen molar-refractivity contribution in [2.45, 2.75) is 25.9 Å². The molecule has 0 saturated carbocycles. The van der Waals surface area contributed by atoms with Crippen molar-refractivity contribution in [3.63, 3.8) is 0 Å². The van der Waals surface area contributed by atoms with E-state index < -0.39 is 0 Å². The first-order valence-electron chi connectivity index (χ1n) is 9.55. The van der Waals surface area contributed by atoms with Gasteiger partial charge in [0.1, 0.15) is 0 Å². The maximum Gasteiger partial charge on any atom is 0.170 e. The van der Waals surface area contributed by atoms with Gasteiger partial charge in [0.05, 0.1) is 24.4 Å². The number of rotatable bonds is 5. The average Bonchev–Trinajstić information content (AvgIpc) is 3.18. The number of aliphatic hydroxyl groups excluding tert-OH is 1. The maximum atomic E-state index is 9.64. The molecule has 2 atom stereocenters. The molecule has 5 nitrogen and oxygen atoms in total. The molecular formula is C22H23ClN4OS. The molecule has 7 heteroatoms. The zero-order valence-electron chi connectivity index (χ0n) is 16.3. The van der Waals surface area contributed by atoms with Gasteiger partial charge >= 0.3 is 0 Å². The predicted molar refractivity (Wildman–Crippen MR) is 119 cm³/mol. The molecule has 0 amide bonds. The zero-order chi connectivity index (χ0) is 20.5. The topological polar surface area (TPSA) is 53.3 Å². The molecule has 3 heterocycles. The fraction of sp³-hybridized carbons (Fsp3) is 0.273. The van der Waals surface area contributed by atoms with Gasteiger partial charge in [0, 0.05) is 34.8 Å². The van der Waals surface area contributed by atoms with Crippen LogP contribution in [0.5, 0.6) is 0 Å². The van der Waals surface area contributed by atoms with Crippen LogP contribution >= 0.6 is 23.8 Å². The smallest absolute Gasteiger partial charge is 0.170 e. The number of thiocarbonyl (C=S) groups is 1. The number of aliphatic hydroxyl groups is 1. The Labute approximate surface area is 180 Å². The second kappa shape index (κ2) is 8.14. The molecule has 1 aliphatic rings. The summed E-state index contributed by atoms with van der Waals surface area (Å²) in [6.07, 6.45) is 1.79. The number of benzene rings is 1. The summed E-state index contributed by atoms with van der Waals surface area (Å²) in [6.45, 7) is 4.68.